The first-order chi connectivity index (χ1) is 26.4. The number of nitrogens with one attached hydrogen (secondary N) is 4. The summed E-state index contributed by atoms with van der Waals surface area (Å²) >= 11 is 0. The van der Waals surface area contributed by atoms with Crippen molar-refractivity contribution >= 4 is 24.0 Å². The van der Waals surface area contributed by atoms with Gasteiger partial charge in [-0.1, -0.05) is 83.7 Å². The topological polar surface area (TPSA) is 195 Å². The Morgan fingerprint density at radius 2 is 1.14 bits per heavy atom. The van der Waals surface area contributed by atoms with Crippen LogP contribution >= 0.6 is 0 Å². The van der Waals surface area contributed by atoms with Crippen LogP contribution in [0.2, 0.25) is 0 Å². The van der Waals surface area contributed by atoms with Crippen LogP contribution in [0.5, 0.6) is 0 Å². The number of aliphatic hydroxyl groups excluding tert-OH is 1. The van der Waals surface area contributed by atoms with E-state index in [1.165, 1.54) is 14.2 Å². The van der Waals surface area contributed by atoms with Crippen LogP contribution in [0.15, 0.2) is 60.9 Å². The number of methoxy groups -OCH3 is 2. The zero-order valence-electron chi connectivity index (χ0n) is 32.0. The molecule has 2 fully saturated rings. The van der Waals surface area contributed by atoms with Gasteiger partial charge in [0.15, 0.2) is 0 Å². The average molecular weight is 771 g/mol. The van der Waals surface area contributed by atoms with Gasteiger partial charge in [0.05, 0.1) is 50.1 Å². The molecule has 6 rings (SSSR count). The second-order valence-corrected chi connectivity index (χ2v) is 14.8. The van der Waals surface area contributed by atoms with Crippen LogP contribution in [0.4, 0.5) is 9.59 Å². The van der Waals surface area contributed by atoms with E-state index in [0.29, 0.717) is 31.2 Å². The van der Waals surface area contributed by atoms with Gasteiger partial charge in [0.1, 0.15) is 29.8 Å². The van der Waals surface area contributed by atoms with Crippen LogP contribution in [0.3, 0.4) is 0 Å². The molecule has 15 nitrogen and oxygen atoms in total. The van der Waals surface area contributed by atoms with Crippen molar-refractivity contribution in [3.63, 3.8) is 0 Å². The second-order valence-electron chi connectivity index (χ2n) is 14.8. The van der Waals surface area contributed by atoms with Crippen LogP contribution in [-0.4, -0.2) is 104 Å². The molecule has 0 spiro atoms. The number of H-pyrrole nitrogens is 2. The number of imidazole rings is 2. The lowest BCUT2D eigenvalue weighted by Gasteiger charge is -2.30. The summed E-state index contributed by atoms with van der Waals surface area (Å²) in [7, 11) is 2.53. The minimum Gasteiger partial charge on any atom is -0.453 e. The predicted octanol–water partition coefficient (Wildman–Crippen LogP) is 5.83. The summed E-state index contributed by atoms with van der Waals surface area (Å²) in [5.74, 6) is 0.416. The second kappa shape index (κ2) is 17.8. The number of amides is 4. The maximum absolute atomic E-state index is 13.6. The van der Waals surface area contributed by atoms with Crippen molar-refractivity contribution in [2.45, 2.75) is 84.7 Å². The molecule has 4 heterocycles. The molecule has 15 heteroatoms. The van der Waals surface area contributed by atoms with Gasteiger partial charge in [0.2, 0.25) is 11.8 Å². The van der Waals surface area contributed by atoms with Gasteiger partial charge in [-0.15, -0.1) is 0 Å². The van der Waals surface area contributed by atoms with Crippen LogP contribution in [0.25, 0.3) is 33.6 Å². The summed E-state index contributed by atoms with van der Waals surface area (Å²) in [6, 6.07) is 13.8. The van der Waals surface area contributed by atoms with E-state index >= 15 is 0 Å². The summed E-state index contributed by atoms with van der Waals surface area (Å²) in [5.41, 5.74) is 5.47. The normalized spacial score (nSPS) is 19.1. The molecule has 56 heavy (non-hydrogen) atoms. The molecular weight excluding hydrogens is 716 g/mol. The number of nitrogens with zero attached hydrogens (tertiary/aromatic N) is 4. The molecule has 5 atom stereocenters. The highest BCUT2D eigenvalue weighted by atomic mass is 16.5. The number of hydrogen-bond acceptors (Lipinski definition) is 9. The minimum atomic E-state index is -0.812. The summed E-state index contributed by atoms with van der Waals surface area (Å²) in [6.07, 6.45) is 3.34. The van der Waals surface area contributed by atoms with Crippen molar-refractivity contribution < 1.29 is 33.8 Å². The van der Waals surface area contributed by atoms with Gasteiger partial charge in [0, 0.05) is 13.1 Å². The standard InChI is InChI=1S/C40H50N8O7.CH4/c1-22(2)32(45-39(52)54-5)37(50)47-18-7-8-30(47)35-41-20-28(43-35)26-13-9-24(10-14-26)25-11-15-27(16-12-25)29-21-42-36(44-29)34-31(49)17-19-48(34)38(51)33(23(3)4)46-40(53)55-6;/h9-16,20-23,30-34,49H,7-8,17-19H2,1-6H3,(H,41,43)(H,42,44)(H,45,52)(H,46,53);1H4/t30-,31+,32-,33-,34-;/m0./s1. The third kappa shape index (κ3) is 8.72. The van der Waals surface area contributed by atoms with Gasteiger partial charge < -0.3 is 45.0 Å². The largest absolute Gasteiger partial charge is 0.453 e. The van der Waals surface area contributed by atoms with Crippen LogP contribution in [0, 0.1) is 11.8 Å². The Bertz CT molecular complexity index is 1970. The van der Waals surface area contributed by atoms with Crippen molar-refractivity contribution in [2.75, 3.05) is 27.3 Å². The fourth-order valence-electron chi connectivity index (χ4n) is 7.39. The first-order valence-electron chi connectivity index (χ1n) is 18.7. The number of ether oxygens (including phenoxy) is 2. The maximum Gasteiger partial charge on any atom is 0.407 e. The summed E-state index contributed by atoms with van der Waals surface area (Å²) < 4.78 is 9.47. The fraction of sp³-hybridized carbons (Fsp3) is 0.463. The van der Waals surface area contributed by atoms with E-state index in [9.17, 15) is 24.3 Å². The molecular formula is C41H54N8O7. The van der Waals surface area contributed by atoms with Crippen LogP contribution in [0.1, 0.15) is 78.1 Å². The Morgan fingerprint density at radius 3 is 1.62 bits per heavy atom. The Balaban J connectivity index is 0.00000600. The Morgan fingerprint density at radius 1 is 0.696 bits per heavy atom. The van der Waals surface area contributed by atoms with Crippen molar-refractivity contribution in [2.24, 2.45) is 11.8 Å². The molecule has 300 valence electrons. The fourth-order valence-corrected chi connectivity index (χ4v) is 7.39. The van der Waals surface area contributed by atoms with E-state index in [1.807, 2.05) is 76.2 Å². The monoisotopic (exact) mass is 770 g/mol. The third-order valence-electron chi connectivity index (χ3n) is 10.5. The lowest BCUT2D eigenvalue weighted by atomic mass is 10.0. The van der Waals surface area contributed by atoms with Gasteiger partial charge in [-0.2, -0.15) is 0 Å². The quantitative estimate of drug-likeness (QED) is 0.125. The number of carbonyl (C=O) groups is 4. The summed E-state index contributed by atoms with van der Waals surface area (Å²) in [4.78, 5) is 70.3. The molecule has 0 saturated carbocycles. The number of aliphatic hydroxyl groups is 1. The number of aromatic nitrogens is 4. The van der Waals surface area contributed by atoms with E-state index in [1.54, 1.807) is 22.2 Å². The molecule has 4 amide bonds. The smallest absolute Gasteiger partial charge is 0.407 e. The SMILES string of the molecule is C.COC(=O)N[C@H](C(=O)N1CC[C@@H](O)[C@H]1c1ncc(-c2ccc(-c3ccc(-c4cnc([C@@H]5CCCN5C(=O)[C@@H](NC(=O)OC)C(C)C)[nH]4)cc3)cc2)[nH]1)C(C)C. The lowest BCUT2D eigenvalue weighted by Crippen LogP contribution is -2.51. The number of benzene rings is 2. The molecule has 5 N–H and O–H groups in total. The molecule has 2 aromatic carbocycles. The third-order valence-corrected chi connectivity index (χ3v) is 10.5. The number of carbonyl (C=O) groups excluding carboxylic acids is 4. The maximum atomic E-state index is 13.6. The molecule has 0 bridgehead atoms. The van der Waals surface area contributed by atoms with Crippen molar-refractivity contribution in [3.05, 3.63) is 72.6 Å². The molecule has 4 aromatic rings. The highest BCUT2D eigenvalue weighted by molar-refractivity contribution is 5.87. The Labute approximate surface area is 327 Å². The van der Waals surface area contributed by atoms with E-state index in [4.69, 9.17) is 9.47 Å². The number of rotatable bonds is 11. The van der Waals surface area contributed by atoms with Gasteiger partial charge in [-0.25, -0.2) is 19.6 Å². The molecule has 2 aromatic heterocycles. The summed E-state index contributed by atoms with van der Waals surface area (Å²) in [6.45, 7) is 8.38. The highest BCUT2D eigenvalue weighted by Gasteiger charge is 2.42. The lowest BCUT2D eigenvalue weighted by molar-refractivity contribution is -0.136. The number of alkyl carbamates (subject to hydrolysis) is 2. The van der Waals surface area contributed by atoms with E-state index < -0.39 is 36.4 Å². The van der Waals surface area contributed by atoms with E-state index in [0.717, 1.165) is 46.5 Å². The van der Waals surface area contributed by atoms with Gasteiger partial charge in [0.25, 0.3) is 0 Å². The Kier molecular flexibility index (Phi) is 13.2. The number of likely N-dealkylation sites (tertiary alicyclic amines) is 2. The summed E-state index contributed by atoms with van der Waals surface area (Å²) in [5, 5.41) is 16.2. The molecule has 2 aliphatic rings. The van der Waals surface area contributed by atoms with Crippen LogP contribution < -0.4 is 10.6 Å². The zero-order valence-corrected chi connectivity index (χ0v) is 32.0. The van der Waals surface area contributed by atoms with Crippen molar-refractivity contribution in [3.8, 4) is 33.6 Å². The first-order valence-corrected chi connectivity index (χ1v) is 18.7. The van der Waals surface area contributed by atoms with Crippen LogP contribution in [-0.2, 0) is 19.1 Å². The number of hydrogen-bond donors (Lipinski definition) is 5. The van der Waals surface area contributed by atoms with Gasteiger partial charge in [-0.3, -0.25) is 9.59 Å². The van der Waals surface area contributed by atoms with Gasteiger partial charge >= 0.3 is 12.2 Å². The van der Waals surface area contributed by atoms with Crippen molar-refractivity contribution in [1.82, 2.24) is 40.4 Å². The molecule has 2 saturated heterocycles. The molecule has 0 unspecified atom stereocenters. The predicted molar refractivity (Wildman–Crippen MR) is 211 cm³/mol. The number of aromatic amines is 2. The van der Waals surface area contributed by atoms with Gasteiger partial charge in [-0.05, 0) is 53.4 Å². The highest BCUT2D eigenvalue weighted by Crippen LogP contribution is 2.35. The molecule has 0 aliphatic carbocycles. The minimum absolute atomic E-state index is 0. The zero-order chi connectivity index (χ0) is 39.4. The van der Waals surface area contributed by atoms with E-state index in [2.05, 4.69) is 30.6 Å². The molecule has 0 radical (unpaired) electrons. The average Bonchev–Trinajstić information content (AvgIpc) is 4.02. The first kappa shape index (κ1) is 41.5. The van der Waals surface area contributed by atoms with Crippen molar-refractivity contribution in [1.29, 1.82) is 0 Å². The molecule has 2 aliphatic heterocycles. The Hall–Kier alpha value is -5.70. The van der Waals surface area contributed by atoms with E-state index in [-0.39, 0.29) is 37.1 Å².